The first-order valence-corrected chi connectivity index (χ1v) is 5.34. The number of thioether (sulfide) groups is 1. The van der Waals surface area contributed by atoms with Crippen molar-refractivity contribution in [1.29, 1.82) is 0 Å². The first-order chi connectivity index (χ1) is 5.95. The molecule has 0 saturated heterocycles. The zero-order valence-corrected chi connectivity index (χ0v) is 9.66. The number of amides is 1. The highest BCUT2D eigenvalue weighted by Gasteiger charge is 2.09. The van der Waals surface area contributed by atoms with Crippen LogP contribution in [0.4, 0.5) is 0 Å². The molecule has 0 saturated carbocycles. The van der Waals surface area contributed by atoms with Crippen LogP contribution in [-0.2, 0) is 9.53 Å². The van der Waals surface area contributed by atoms with E-state index in [1.54, 1.807) is 0 Å². The summed E-state index contributed by atoms with van der Waals surface area (Å²) in [6.07, 6.45) is 0. The predicted molar refractivity (Wildman–Crippen MR) is 57.1 cm³/mol. The minimum Gasteiger partial charge on any atom is -0.375 e. The Morgan fingerprint density at radius 3 is 2.54 bits per heavy atom. The van der Waals surface area contributed by atoms with Crippen molar-refractivity contribution >= 4 is 17.7 Å². The SMILES string of the molecule is COCC(=O)NCCSC(C)(C)C. The summed E-state index contributed by atoms with van der Waals surface area (Å²) in [4.78, 5) is 10.9. The van der Waals surface area contributed by atoms with Crippen molar-refractivity contribution in [2.24, 2.45) is 0 Å². The smallest absolute Gasteiger partial charge is 0.246 e. The third-order valence-electron chi connectivity index (χ3n) is 1.23. The Kier molecular flexibility index (Phi) is 6.16. The molecule has 0 heterocycles. The van der Waals surface area contributed by atoms with Crippen molar-refractivity contribution in [3.63, 3.8) is 0 Å². The van der Waals surface area contributed by atoms with Gasteiger partial charge >= 0.3 is 0 Å². The molecule has 13 heavy (non-hydrogen) atoms. The Morgan fingerprint density at radius 1 is 1.46 bits per heavy atom. The Morgan fingerprint density at radius 2 is 2.08 bits per heavy atom. The Labute approximate surface area is 84.6 Å². The van der Waals surface area contributed by atoms with E-state index in [0.717, 1.165) is 5.75 Å². The molecule has 0 atom stereocenters. The number of hydrogen-bond donors (Lipinski definition) is 1. The summed E-state index contributed by atoms with van der Waals surface area (Å²) in [6, 6.07) is 0. The van der Waals surface area contributed by atoms with Crippen molar-refractivity contribution in [2.45, 2.75) is 25.5 Å². The van der Waals surface area contributed by atoms with Crippen LogP contribution in [0.2, 0.25) is 0 Å². The number of rotatable bonds is 5. The molecule has 0 fully saturated rings. The van der Waals surface area contributed by atoms with Gasteiger partial charge in [-0.05, 0) is 0 Å². The van der Waals surface area contributed by atoms with E-state index in [-0.39, 0.29) is 17.3 Å². The molecule has 0 spiro atoms. The predicted octanol–water partition coefficient (Wildman–Crippen LogP) is 1.28. The van der Waals surface area contributed by atoms with Gasteiger partial charge in [0, 0.05) is 24.2 Å². The number of methoxy groups -OCH3 is 1. The maximum Gasteiger partial charge on any atom is 0.246 e. The highest BCUT2D eigenvalue weighted by Crippen LogP contribution is 2.21. The topological polar surface area (TPSA) is 38.3 Å². The molecule has 0 radical (unpaired) electrons. The Bertz CT molecular complexity index is 154. The zero-order chi connectivity index (χ0) is 10.3. The van der Waals surface area contributed by atoms with Gasteiger partial charge < -0.3 is 10.1 Å². The molecular formula is C9H19NO2S. The molecule has 0 aromatic rings. The fraction of sp³-hybridized carbons (Fsp3) is 0.889. The van der Waals surface area contributed by atoms with Gasteiger partial charge in [-0.1, -0.05) is 20.8 Å². The summed E-state index contributed by atoms with van der Waals surface area (Å²) < 4.78 is 4.95. The van der Waals surface area contributed by atoms with Gasteiger partial charge in [-0.3, -0.25) is 4.79 Å². The van der Waals surface area contributed by atoms with Gasteiger partial charge in [0.15, 0.2) is 0 Å². The summed E-state index contributed by atoms with van der Waals surface area (Å²) in [7, 11) is 1.52. The van der Waals surface area contributed by atoms with Gasteiger partial charge in [0.05, 0.1) is 0 Å². The molecule has 3 nitrogen and oxygen atoms in total. The van der Waals surface area contributed by atoms with Gasteiger partial charge in [-0.2, -0.15) is 11.8 Å². The second-order valence-corrected chi connectivity index (χ2v) is 5.67. The summed E-state index contributed by atoms with van der Waals surface area (Å²) in [5, 5.41) is 2.77. The first kappa shape index (κ1) is 12.8. The maximum atomic E-state index is 10.9. The van der Waals surface area contributed by atoms with E-state index in [2.05, 4.69) is 30.8 Å². The summed E-state index contributed by atoms with van der Waals surface area (Å²) >= 11 is 1.84. The molecule has 4 heteroatoms. The van der Waals surface area contributed by atoms with E-state index in [1.807, 2.05) is 11.8 Å². The number of hydrogen-bond acceptors (Lipinski definition) is 3. The van der Waals surface area contributed by atoms with Crippen LogP contribution in [0.3, 0.4) is 0 Å². The van der Waals surface area contributed by atoms with Gasteiger partial charge in [-0.15, -0.1) is 0 Å². The molecule has 0 rings (SSSR count). The van der Waals surface area contributed by atoms with Crippen molar-refractivity contribution in [1.82, 2.24) is 5.32 Å². The largest absolute Gasteiger partial charge is 0.375 e. The normalized spacial score (nSPS) is 11.4. The number of carbonyl (C=O) groups is 1. The van der Waals surface area contributed by atoms with E-state index in [1.165, 1.54) is 7.11 Å². The van der Waals surface area contributed by atoms with Crippen LogP contribution in [-0.4, -0.2) is 36.7 Å². The molecule has 0 unspecified atom stereocenters. The molecule has 0 aliphatic rings. The first-order valence-electron chi connectivity index (χ1n) is 4.35. The van der Waals surface area contributed by atoms with Gasteiger partial charge in [0.25, 0.3) is 0 Å². The van der Waals surface area contributed by atoms with Crippen LogP contribution in [0.1, 0.15) is 20.8 Å². The minimum atomic E-state index is -0.0444. The lowest BCUT2D eigenvalue weighted by Gasteiger charge is -2.17. The van der Waals surface area contributed by atoms with E-state index in [0.29, 0.717) is 6.54 Å². The Balaban J connectivity index is 3.31. The standard InChI is InChI=1S/C9H19NO2S/c1-9(2,3)13-6-5-10-8(11)7-12-4/h5-7H2,1-4H3,(H,10,11). The fourth-order valence-corrected chi connectivity index (χ4v) is 1.55. The van der Waals surface area contributed by atoms with Gasteiger partial charge in [0.1, 0.15) is 6.61 Å². The average molecular weight is 205 g/mol. The van der Waals surface area contributed by atoms with Crippen LogP contribution in [0.5, 0.6) is 0 Å². The third-order valence-corrected chi connectivity index (χ3v) is 2.51. The highest BCUT2D eigenvalue weighted by molar-refractivity contribution is 8.00. The summed E-state index contributed by atoms with van der Waals surface area (Å²) in [5.74, 6) is 0.899. The van der Waals surface area contributed by atoms with Crippen molar-refractivity contribution in [2.75, 3.05) is 26.0 Å². The van der Waals surface area contributed by atoms with E-state index in [4.69, 9.17) is 0 Å². The lowest BCUT2D eigenvalue weighted by molar-refractivity contribution is -0.124. The van der Waals surface area contributed by atoms with E-state index < -0.39 is 0 Å². The lowest BCUT2D eigenvalue weighted by atomic mass is 10.3. The lowest BCUT2D eigenvalue weighted by Crippen LogP contribution is -2.29. The van der Waals surface area contributed by atoms with Crippen LogP contribution in [0, 0.1) is 0 Å². The van der Waals surface area contributed by atoms with Crippen molar-refractivity contribution < 1.29 is 9.53 Å². The summed E-state index contributed by atoms with van der Waals surface area (Å²) in [5.41, 5.74) is 0. The van der Waals surface area contributed by atoms with Crippen LogP contribution >= 0.6 is 11.8 Å². The van der Waals surface area contributed by atoms with Crippen LogP contribution in [0.15, 0.2) is 0 Å². The number of carbonyl (C=O) groups excluding carboxylic acids is 1. The average Bonchev–Trinajstić information content (AvgIpc) is 1.97. The van der Waals surface area contributed by atoms with Crippen LogP contribution < -0.4 is 5.32 Å². The van der Waals surface area contributed by atoms with Gasteiger partial charge in [-0.25, -0.2) is 0 Å². The zero-order valence-electron chi connectivity index (χ0n) is 8.85. The van der Waals surface area contributed by atoms with Crippen LogP contribution in [0.25, 0.3) is 0 Å². The second-order valence-electron chi connectivity index (χ2n) is 3.74. The third kappa shape index (κ3) is 9.70. The molecule has 0 aromatic carbocycles. The second kappa shape index (κ2) is 6.27. The highest BCUT2D eigenvalue weighted by atomic mass is 32.2. The number of ether oxygens (including phenoxy) is 1. The quantitative estimate of drug-likeness (QED) is 0.687. The van der Waals surface area contributed by atoms with Crippen molar-refractivity contribution in [3.05, 3.63) is 0 Å². The summed E-state index contributed by atoms with van der Waals surface area (Å²) in [6.45, 7) is 7.35. The molecular weight excluding hydrogens is 186 g/mol. The molecule has 0 aliphatic heterocycles. The van der Waals surface area contributed by atoms with Crippen molar-refractivity contribution in [3.8, 4) is 0 Å². The molecule has 78 valence electrons. The molecule has 0 bridgehead atoms. The number of nitrogens with one attached hydrogen (secondary N) is 1. The minimum absolute atomic E-state index is 0.0444. The molecule has 1 N–H and O–H groups in total. The maximum absolute atomic E-state index is 10.9. The van der Waals surface area contributed by atoms with E-state index >= 15 is 0 Å². The fourth-order valence-electron chi connectivity index (χ4n) is 0.730. The molecule has 0 aromatic heterocycles. The Hall–Kier alpha value is -0.220. The molecule has 1 amide bonds. The molecule has 0 aliphatic carbocycles. The van der Waals surface area contributed by atoms with E-state index in [9.17, 15) is 4.79 Å². The van der Waals surface area contributed by atoms with Gasteiger partial charge in [0.2, 0.25) is 5.91 Å². The monoisotopic (exact) mass is 205 g/mol.